The van der Waals surface area contributed by atoms with E-state index in [0.29, 0.717) is 12.3 Å². The van der Waals surface area contributed by atoms with E-state index in [1.165, 1.54) is 0 Å². The molecule has 7 nitrogen and oxygen atoms in total. The topological polar surface area (TPSA) is 120 Å². The van der Waals surface area contributed by atoms with Crippen LogP contribution in [0.4, 0.5) is 0 Å². The van der Waals surface area contributed by atoms with Gasteiger partial charge in [-0.3, -0.25) is 0 Å². The van der Waals surface area contributed by atoms with E-state index in [1.54, 1.807) is 13.0 Å². The van der Waals surface area contributed by atoms with Crippen LogP contribution in [0.25, 0.3) is 0 Å². The summed E-state index contributed by atoms with van der Waals surface area (Å²) < 4.78 is 11.1. The van der Waals surface area contributed by atoms with Crippen LogP contribution >= 0.6 is 0 Å². The predicted molar refractivity (Wildman–Crippen MR) is 81.3 cm³/mol. The van der Waals surface area contributed by atoms with Crippen LogP contribution in [0.1, 0.15) is 27.2 Å². The van der Waals surface area contributed by atoms with Crippen LogP contribution in [-0.2, 0) is 9.47 Å². The lowest BCUT2D eigenvalue weighted by Gasteiger charge is -2.45. The average molecular weight is 332 g/mol. The monoisotopic (exact) mass is 332 g/mol. The highest BCUT2D eigenvalue weighted by Crippen LogP contribution is 2.35. The Hall–Kier alpha value is -0.540. The molecular formula is C16H28O7. The van der Waals surface area contributed by atoms with Crippen molar-refractivity contribution >= 4 is 0 Å². The quantitative estimate of drug-likeness (QED) is 0.426. The van der Waals surface area contributed by atoms with E-state index in [2.05, 4.69) is 13.8 Å². The molecule has 1 aliphatic carbocycles. The third-order valence-corrected chi connectivity index (χ3v) is 4.91. The van der Waals surface area contributed by atoms with Crippen molar-refractivity contribution in [3.05, 3.63) is 12.2 Å². The fourth-order valence-corrected chi connectivity index (χ4v) is 3.02. The molecule has 0 aromatic rings. The fraction of sp³-hybridized carbons (Fsp3) is 0.875. The van der Waals surface area contributed by atoms with E-state index in [1.807, 2.05) is 6.08 Å². The Balaban J connectivity index is 2.12. The van der Waals surface area contributed by atoms with E-state index >= 15 is 0 Å². The maximum Gasteiger partial charge on any atom is 0.187 e. The molecule has 8 atom stereocenters. The van der Waals surface area contributed by atoms with Gasteiger partial charge in [-0.1, -0.05) is 26.0 Å². The van der Waals surface area contributed by atoms with Gasteiger partial charge in [-0.15, -0.1) is 0 Å². The van der Waals surface area contributed by atoms with Crippen molar-refractivity contribution in [1.29, 1.82) is 0 Å². The van der Waals surface area contributed by atoms with Crippen LogP contribution in [-0.4, -0.2) is 74.6 Å². The van der Waals surface area contributed by atoms with Crippen LogP contribution in [0.15, 0.2) is 12.2 Å². The second kappa shape index (κ2) is 7.14. The standard InChI is InChI=1S/C16H28O7/c1-8(2)9-4-5-16(3,11(18)6-9)23-15-14(21)13(20)12(19)10(7-17)22-15/h4-5,8-15,17-21H,6-7H2,1-3H3. The second-order valence-electron chi connectivity index (χ2n) is 7.02. The van der Waals surface area contributed by atoms with E-state index < -0.39 is 49.0 Å². The first kappa shape index (κ1) is 18.8. The zero-order valence-electron chi connectivity index (χ0n) is 13.7. The SMILES string of the molecule is CC(C)C1C=CC(C)(OC2OC(CO)C(O)C(O)C2O)C(O)C1. The molecular weight excluding hydrogens is 304 g/mol. The first-order chi connectivity index (χ1) is 10.7. The van der Waals surface area contributed by atoms with Crippen LogP contribution in [0.2, 0.25) is 0 Å². The lowest BCUT2D eigenvalue weighted by Crippen LogP contribution is -2.61. The summed E-state index contributed by atoms with van der Waals surface area (Å²) >= 11 is 0. The lowest BCUT2D eigenvalue weighted by molar-refractivity contribution is -0.327. The van der Waals surface area contributed by atoms with Gasteiger partial charge in [0.1, 0.15) is 30.0 Å². The molecule has 1 saturated heterocycles. The van der Waals surface area contributed by atoms with E-state index in [9.17, 15) is 25.5 Å². The highest BCUT2D eigenvalue weighted by molar-refractivity contribution is 5.12. The van der Waals surface area contributed by atoms with Crippen molar-refractivity contribution in [3.8, 4) is 0 Å². The fourth-order valence-electron chi connectivity index (χ4n) is 3.02. The molecule has 2 aliphatic rings. The Kier molecular flexibility index (Phi) is 5.84. The van der Waals surface area contributed by atoms with Crippen molar-refractivity contribution in [2.45, 2.75) is 69.6 Å². The highest BCUT2D eigenvalue weighted by Gasteiger charge is 2.48. The average Bonchev–Trinajstić information content (AvgIpc) is 2.50. The number of hydrogen-bond acceptors (Lipinski definition) is 7. The first-order valence-electron chi connectivity index (χ1n) is 8.05. The molecule has 134 valence electrons. The zero-order valence-corrected chi connectivity index (χ0v) is 13.7. The van der Waals surface area contributed by atoms with Crippen molar-refractivity contribution in [1.82, 2.24) is 0 Å². The molecule has 1 heterocycles. The van der Waals surface area contributed by atoms with E-state index in [-0.39, 0.29) is 5.92 Å². The Morgan fingerprint density at radius 1 is 1.17 bits per heavy atom. The van der Waals surface area contributed by atoms with Crippen LogP contribution in [0, 0.1) is 11.8 Å². The second-order valence-corrected chi connectivity index (χ2v) is 7.02. The Labute approximate surface area is 136 Å². The van der Waals surface area contributed by atoms with Gasteiger partial charge < -0.3 is 35.0 Å². The number of rotatable bonds is 4. The number of hydrogen-bond donors (Lipinski definition) is 5. The van der Waals surface area contributed by atoms with Gasteiger partial charge in [-0.25, -0.2) is 0 Å². The van der Waals surface area contributed by atoms with Crippen molar-refractivity contribution in [3.63, 3.8) is 0 Å². The van der Waals surface area contributed by atoms with Crippen LogP contribution in [0.5, 0.6) is 0 Å². The number of aliphatic hydroxyl groups excluding tert-OH is 5. The summed E-state index contributed by atoms with van der Waals surface area (Å²) in [7, 11) is 0. The minimum atomic E-state index is -1.50. The first-order valence-corrected chi connectivity index (χ1v) is 8.05. The smallest absolute Gasteiger partial charge is 0.187 e. The number of allylic oxidation sites excluding steroid dienone is 1. The molecule has 23 heavy (non-hydrogen) atoms. The normalized spacial score (nSPS) is 48.0. The number of aliphatic hydroxyl groups is 5. The summed E-state index contributed by atoms with van der Waals surface area (Å²) in [6, 6.07) is 0. The summed E-state index contributed by atoms with van der Waals surface area (Å²) in [6.07, 6.45) is -3.26. The Morgan fingerprint density at radius 3 is 2.35 bits per heavy atom. The van der Waals surface area contributed by atoms with Gasteiger partial charge in [0.05, 0.1) is 12.7 Å². The van der Waals surface area contributed by atoms with Gasteiger partial charge in [0.25, 0.3) is 0 Å². The van der Waals surface area contributed by atoms with Crippen molar-refractivity contribution < 1.29 is 35.0 Å². The Bertz CT molecular complexity index is 425. The molecule has 7 heteroatoms. The minimum absolute atomic E-state index is 0.233. The lowest BCUT2D eigenvalue weighted by atomic mass is 9.79. The molecule has 0 aromatic carbocycles. The third kappa shape index (κ3) is 3.76. The Morgan fingerprint density at radius 2 is 1.83 bits per heavy atom. The molecule has 0 bridgehead atoms. The van der Waals surface area contributed by atoms with E-state index in [4.69, 9.17) is 9.47 Å². The summed E-state index contributed by atoms with van der Waals surface area (Å²) in [4.78, 5) is 0. The highest BCUT2D eigenvalue weighted by atomic mass is 16.7. The molecule has 0 saturated carbocycles. The molecule has 2 rings (SSSR count). The molecule has 1 fully saturated rings. The zero-order chi connectivity index (χ0) is 17.4. The molecule has 1 aliphatic heterocycles. The molecule has 0 spiro atoms. The van der Waals surface area contributed by atoms with Gasteiger partial charge in [0.15, 0.2) is 6.29 Å². The van der Waals surface area contributed by atoms with Crippen molar-refractivity contribution in [2.75, 3.05) is 6.61 Å². The number of ether oxygens (including phenoxy) is 2. The molecule has 5 N–H and O–H groups in total. The summed E-state index contributed by atoms with van der Waals surface area (Å²) in [5, 5.41) is 49.3. The maximum atomic E-state index is 10.4. The summed E-state index contributed by atoms with van der Waals surface area (Å²) in [5.41, 5.74) is -1.08. The largest absolute Gasteiger partial charge is 0.394 e. The summed E-state index contributed by atoms with van der Waals surface area (Å²) in [6.45, 7) is 5.30. The predicted octanol–water partition coefficient (Wildman–Crippen LogP) is -0.845. The van der Waals surface area contributed by atoms with Gasteiger partial charge in [-0.2, -0.15) is 0 Å². The molecule has 8 unspecified atom stereocenters. The van der Waals surface area contributed by atoms with Gasteiger partial charge in [0.2, 0.25) is 0 Å². The summed E-state index contributed by atoms with van der Waals surface area (Å²) in [5.74, 6) is 0.620. The van der Waals surface area contributed by atoms with Crippen LogP contribution in [0.3, 0.4) is 0 Å². The van der Waals surface area contributed by atoms with Gasteiger partial charge >= 0.3 is 0 Å². The third-order valence-electron chi connectivity index (χ3n) is 4.91. The molecule has 0 radical (unpaired) electrons. The molecule has 0 aromatic heterocycles. The van der Waals surface area contributed by atoms with E-state index in [0.717, 1.165) is 0 Å². The maximum absolute atomic E-state index is 10.4. The molecule has 0 amide bonds. The van der Waals surface area contributed by atoms with Crippen LogP contribution < -0.4 is 0 Å². The van der Waals surface area contributed by atoms with Gasteiger partial charge in [0, 0.05) is 0 Å². The van der Waals surface area contributed by atoms with Crippen molar-refractivity contribution in [2.24, 2.45) is 11.8 Å². The van der Waals surface area contributed by atoms with Gasteiger partial charge in [-0.05, 0) is 25.2 Å². The minimum Gasteiger partial charge on any atom is -0.394 e.